The highest BCUT2D eigenvalue weighted by molar-refractivity contribution is 14.1. The highest BCUT2D eigenvalue weighted by atomic mass is 127. The van der Waals surface area contributed by atoms with Crippen molar-refractivity contribution in [3.05, 3.63) is 33.2 Å². The Balaban J connectivity index is 2.61. The second-order valence-electron chi connectivity index (χ2n) is 4.72. The summed E-state index contributed by atoms with van der Waals surface area (Å²) in [5.41, 5.74) is 3.03. The number of halogens is 1. The van der Waals surface area contributed by atoms with E-state index in [0.29, 0.717) is 11.7 Å². The van der Waals surface area contributed by atoms with Crippen molar-refractivity contribution in [3.63, 3.8) is 0 Å². The van der Waals surface area contributed by atoms with Crippen LogP contribution < -0.4 is 5.32 Å². The molecule has 1 N–H and O–H groups in total. The van der Waals surface area contributed by atoms with Gasteiger partial charge in [0.1, 0.15) is 11.5 Å². The number of rotatable bonds is 3. The third kappa shape index (κ3) is 3.02. The van der Waals surface area contributed by atoms with Crippen LogP contribution in [0.25, 0.3) is 11.5 Å². The Kier molecular flexibility index (Phi) is 4.34. The molecule has 0 unspecified atom stereocenters. The van der Waals surface area contributed by atoms with E-state index in [-0.39, 0.29) is 0 Å². The van der Waals surface area contributed by atoms with Crippen LogP contribution in [-0.2, 0) is 0 Å². The van der Waals surface area contributed by atoms with Crippen LogP contribution in [0.3, 0.4) is 0 Å². The molecule has 0 saturated heterocycles. The van der Waals surface area contributed by atoms with E-state index in [1.54, 1.807) is 6.20 Å². The number of aromatic nitrogens is 3. The van der Waals surface area contributed by atoms with Crippen molar-refractivity contribution in [3.8, 4) is 11.5 Å². The summed E-state index contributed by atoms with van der Waals surface area (Å²) >= 11 is 2.29. The van der Waals surface area contributed by atoms with E-state index in [4.69, 9.17) is 0 Å². The smallest absolute Gasteiger partial charge is 0.180 e. The van der Waals surface area contributed by atoms with Crippen molar-refractivity contribution < 1.29 is 0 Å². The zero-order valence-electron chi connectivity index (χ0n) is 11.5. The van der Waals surface area contributed by atoms with E-state index in [1.807, 2.05) is 26.1 Å². The molecule has 0 aliphatic heterocycles. The van der Waals surface area contributed by atoms with E-state index < -0.39 is 0 Å². The maximum atomic E-state index is 4.67. The maximum Gasteiger partial charge on any atom is 0.180 e. The van der Waals surface area contributed by atoms with Crippen LogP contribution in [0, 0.1) is 10.5 Å². The summed E-state index contributed by atoms with van der Waals surface area (Å²) in [6.07, 6.45) is 1.79. The Morgan fingerprint density at radius 2 is 2.00 bits per heavy atom. The topological polar surface area (TPSA) is 50.7 Å². The number of pyridine rings is 1. The summed E-state index contributed by atoms with van der Waals surface area (Å²) in [5, 5.41) is 3.13. The fraction of sp³-hybridized carbons (Fsp3) is 0.357. The van der Waals surface area contributed by atoms with Crippen molar-refractivity contribution in [2.45, 2.75) is 26.7 Å². The van der Waals surface area contributed by atoms with Gasteiger partial charge in [-0.15, -0.1) is 0 Å². The summed E-state index contributed by atoms with van der Waals surface area (Å²) in [5.74, 6) is 1.89. The normalized spacial score (nSPS) is 10.8. The number of hydrogen-bond donors (Lipinski definition) is 1. The Labute approximate surface area is 127 Å². The first-order valence-electron chi connectivity index (χ1n) is 6.21. The molecule has 0 fully saturated rings. The van der Waals surface area contributed by atoms with E-state index in [9.17, 15) is 0 Å². The molecule has 0 radical (unpaired) electrons. The van der Waals surface area contributed by atoms with Gasteiger partial charge in [0.05, 0.1) is 9.26 Å². The van der Waals surface area contributed by atoms with Crippen LogP contribution in [-0.4, -0.2) is 22.0 Å². The Bertz CT molecular complexity index is 596. The number of anilines is 1. The van der Waals surface area contributed by atoms with Gasteiger partial charge in [-0.2, -0.15) is 0 Å². The SMILES string of the molecule is CNc1nc(-c2cc(C)ccn2)nc(C(C)C)c1I. The number of hydrogen-bond acceptors (Lipinski definition) is 4. The molecule has 2 aromatic heterocycles. The van der Waals surface area contributed by atoms with E-state index in [0.717, 1.165) is 26.3 Å². The van der Waals surface area contributed by atoms with Gasteiger partial charge in [-0.05, 0) is 53.1 Å². The largest absolute Gasteiger partial charge is 0.372 e. The van der Waals surface area contributed by atoms with Crippen LogP contribution in [0.15, 0.2) is 18.3 Å². The molecule has 0 atom stereocenters. The molecule has 100 valence electrons. The monoisotopic (exact) mass is 368 g/mol. The van der Waals surface area contributed by atoms with E-state index >= 15 is 0 Å². The molecular weight excluding hydrogens is 351 g/mol. The highest BCUT2D eigenvalue weighted by Gasteiger charge is 2.15. The number of nitrogens with one attached hydrogen (secondary N) is 1. The molecular formula is C14H17IN4. The van der Waals surface area contributed by atoms with E-state index in [2.05, 4.69) is 56.7 Å². The summed E-state index contributed by atoms with van der Waals surface area (Å²) in [7, 11) is 1.88. The quantitative estimate of drug-likeness (QED) is 0.841. The molecule has 0 aromatic carbocycles. The van der Waals surface area contributed by atoms with Gasteiger partial charge in [-0.1, -0.05) is 13.8 Å². The number of aryl methyl sites for hydroxylation is 1. The summed E-state index contributed by atoms with van der Waals surface area (Å²) in [4.78, 5) is 13.6. The molecule has 0 spiro atoms. The molecule has 5 heteroatoms. The van der Waals surface area contributed by atoms with Gasteiger partial charge in [0.2, 0.25) is 0 Å². The molecule has 0 saturated carbocycles. The molecule has 4 nitrogen and oxygen atoms in total. The first-order valence-corrected chi connectivity index (χ1v) is 7.29. The van der Waals surface area contributed by atoms with Crippen molar-refractivity contribution in [1.29, 1.82) is 0 Å². The standard InChI is InChI=1S/C14H17IN4/c1-8(2)12-11(15)14(16-4)19-13(18-12)10-7-9(3)5-6-17-10/h5-8H,1-4H3,(H,16,18,19). The molecule has 2 rings (SSSR count). The van der Waals surface area contributed by atoms with Gasteiger partial charge < -0.3 is 5.32 Å². The minimum Gasteiger partial charge on any atom is -0.372 e. The van der Waals surface area contributed by atoms with Crippen molar-refractivity contribution in [2.75, 3.05) is 12.4 Å². The first-order chi connectivity index (χ1) is 9.02. The second-order valence-corrected chi connectivity index (χ2v) is 5.80. The zero-order chi connectivity index (χ0) is 14.0. The average Bonchev–Trinajstić information content (AvgIpc) is 2.38. The van der Waals surface area contributed by atoms with Crippen LogP contribution >= 0.6 is 22.6 Å². The van der Waals surface area contributed by atoms with Crippen LogP contribution in [0.1, 0.15) is 31.0 Å². The number of nitrogens with zero attached hydrogens (tertiary/aromatic N) is 3. The predicted octanol–water partition coefficient (Wildman–Crippen LogP) is 3.62. The fourth-order valence-electron chi connectivity index (χ4n) is 1.79. The summed E-state index contributed by atoms with van der Waals surface area (Å²) in [6, 6.07) is 3.98. The van der Waals surface area contributed by atoms with Gasteiger partial charge in [-0.25, -0.2) is 9.97 Å². The third-order valence-electron chi connectivity index (χ3n) is 2.81. The van der Waals surface area contributed by atoms with Crippen molar-refractivity contribution in [1.82, 2.24) is 15.0 Å². The predicted molar refractivity (Wildman–Crippen MR) is 86.4 cm³/mol. The maximum absolute atomic E-state index is 4.67. The first kappa shape index (κ1) is 14.2. The fourth-order valence-corrected chi connectivity index (χ4v) is 2.92. The van der Waals surface area contributed by atoms with Crippen LogP contribution in [0.4, 0.5) is 5.82 Å². The summed E-state index contributed by atoms with van der Waals surface area (Å²) in [6.45, 7) is 6.31. The lowest BCUT2D eigenvalue weighted by molar-refractivity contribution is 0.808. The van der Waals surface area contributed by atoms with Crippen molar-refractivity contribution >= 4 is 28.4 Å². The lowest BCUT2D eigenvalue weighted by Gasteiger charge is -2.13. The third-order valence-corrected chi connectivity index (χ3v) is 3.87. The Hall–Kier alpha value is -1.24. The lowest BCUT2D eigenvalue weighted by Crippen LogP contribution is -2.07. The van der Waals surface area contributed by atoms with Gasteiger partial charge in [0.25, 0.3) is 0 Å². The van der Waals surface area contributed by atoms with E-state index in [1.165, 1.54) is 0 Å². The minimum absolute atomic E-state index is 0.352. The zero-order valence-corrected chi connectivity index (χ0v) is 13.7. The van der Waals surface area contributed by atoms with Crippen molar-refractivity contribution in [2.24, 2.45) is 0 Å². The molecule has 0 amide bonds. The van der Waals surface area contributed by atoms with Gasteiger partial charge in [-0.3, -0.25) is 4.98 Å². The second kappa shape index (κ2) is 5.81. The minimum atomic E-state index is 0.352. The molecule has 19 heavy (non-hydrogen) atoms. The Morgan fingerprint density at radius 3 is 2.58 bits per heavy atom. The van der Waals surface area contributed by atoms with Crippen LogP contribution in [0.5, 0.6) is 0 Å². The van der Waals surface area contributed by atoms with Crippen LogP contribution in [0.2, 0.25) is 0 Å². The van der Waals surface area contributed by atoms with Gasteiger partial charge in [0.15, 0.2) is 5.82 Å². The Morgan fingerprint density at radius 1 is 1.26 bits per heavy atom. The average molecular weight is 368 g/mol. The molecule has 0 aliphatic rings. The lowest BCUT2D eigenvalue weighted by atomic mass is 10.1. The highest BCUT2D eigenvalue weighted by Crippen LogP contribution is 2.27. The summed E-state index contributed by atoms with van der Waals surface area (Å²) < 4.78 is 1.08. The molecule has 2 heterocycles. The molecule has 0 aliphatic carbocycles. The molecule has 0 bridgehead atoms. The molecule has 2 aromatic rings. The van der Waals surface area contributed by atoms with Gasteiger partial charge >= 0.3 is 0 Å². The van der Waals surface area contributed by atoms with Gasteiger partial charge in [0, 0.05) is 13.2 Å².